The predicted octanol–water partition coefficient (Wildman–Crippen LogP) is 3.38. The van der Waals surface area contributed by atoms with Crippen LogP contribution in [0.1, 0.15) is 20.3 Å². The first-order valence-electron chi connectivity index (χ1n) is 3.97. The van der Waals surface area contributed by atoms with Gasteiger partial charge in [0.05, 0.1) is 0 Å². The van der Waals surface area contributed by atoms with Gasteiger partial charge in [-0.3, -0.25) is 0 Å². The highest BCUT2D eigenvalue weighted by atomic mass is 79.9. The molecule has 0 spiro atoms. The lowest BCUT2D eigenvalue weighted by atomic mass is 9.93. The van der Waals surface area contributed by atoms with Gasteiger partial charge in [-0.2, -0.15) is 13.2 Å². The molecule has 0 N–H and O–H groups in total. The molecule has 0 bridgehead atoms. The molecule has 1 nitrogen and oxygen atoms in total. The van der Waals surface area contributed by atoms with E-state index in [4.69, 9.17) is 0 Å². The monoisotopic (exact) mass is 262 g/mol. The van der Waals surface area contributed by atoms with Crippen molar-refractivity contribution < 1.29 is 17.9 Å². The molecule has 5 heteroatoms. The SMILES string of the molecule is CC(C)(CBr)CCOCC(F)(F)F. The van der Waals surface area contributed by atoms with E-state index in [2.05, 4.69) is 20.7 Å². The van der Waals surface area contributed by atoms with Crippen molar-refractivity contribution in [1.82, 2.24) is 0 Å². The zero-order valence-corrected chi connectivity index (χ0v) is 9.33. The van der Waals surface area contributed by atoms with E-state index >= 15 is 0 Å². The first-order valence-corrected chi connectivity index (χ1v) is 5.09. The molecule has 0 aromatic rings. The Labute approximate surface area is 84.8 Å². The maximum Gasteiger partial charge on any atom is 0.411 e. The minimum Gasteiger partial charge on any atom is -0.372 e. The van der Waals surface area contributed by atoms with Gasteiger partial charge in [0.2, 0.25) is 0 Å². The minimum atomic E-state index is -4.21. The Morgan fingerprint density at radius 1 is 1.23 bits per heavy atom. The van der Waals surface area contributed by atoms with Gasteiger partial charge in [-0.15, -0.1) is 0 Å². The second-order valence-corrected chi connectivity index (χ2v) is 4.28. The second-order valence-electron chi connectivity index (χ2n) is 3.72. The molecule has 0 saturated heterocycles. The van der Waals surface area contributed by atoms with E-state index in [-0.39, 0.29) is 12.0 Å². The van der Waals surface area contributed by atoms with Crippen LogP contribution in [0, 0.1) is 5.41 Å². The Kier molecular flexibility index (Phi) is 5.29. The Balaban J connectivity index is 3.47. The summed E-state index contributed by atoms with van der Waals surface area (Å²) >= 11 is 3.28. The first-order chi connectivity index (χ1) is 5.77. The quantitative estimate of drug-likeness (QED) is 0.545. The van der Waals surface area contributed by atoms with Gasteiger partial charge in [0, 0.05) is 11.9 Å². The molecule has 0 aliphatic heterocycles. The summed E-state index contributed by atoms with van der Waals surface area (Å²) in [6, 6.07) is 0. The van der Waals surface area contributed by atoms with Crippen LogP contribution in [0.25, 0.3) is 0 Å². The van der Waals surface area contributed by atoms with Crippen molar-refractivity contribution in [2.24, 2.45) is 5.41 Å². The number of hydrogen-bond acceptors (Lipinski definition) is 1. The van der Waals surface area contributed by atoms with Gasteiger partial charge in [0.15, 0.2) is 0 Å². The molecule has 0 aliphatic rings. The average Bonchev–Trinajstić information content (AvgIpc) is 1.97. The Morgan fingerprint density at radius 3 is 2.15 bits per heavy atom. The van der Waals surface area contributed by atoms with Crippen LogP contribution in [-0.2, 0) is 4.74 Å². The molecular formula is C8H14BrF3O. The van der Waals surface area contributed by atoms with Crippen molar-refractivity contribution in [1.29, 1.82) is 0 Å². The van der Waals surface area contributed by atoms with Gasteiger partial charge in [0.1, 0.15) is 6.61 Å². The third kappa shape index (κ3) is 8.56. The third-order valence-electron chi connectivity index (χ3n) is 1.55. The van der Waals surface area contributed by atoms with Crippen molar-refractivity contribution in [2.75, 3.05) is 18.5 Å². The molecule has 0 radical (unpaired) electrons. The molecule has 0 aromatic heterocycles. The largest absolute Gasteiger partial charge is 0.411 e. The Morgan fingerprint density at radius 2 is 1.77 bits per heavy atom. The van der Waals surface area contributed by atoms with E-state index in [0.29, 0.717) is 6.42 Å². The molecule has 0 aromatic carbocycles. The molecular weight excluding hydrogens is 249 g/mol. The number of halogens is 4. The summed E-state index contributed by atoms with van der Waals surface area (Å²) in [5.74, 6) is 0. The van der Waals surface area contributed by atoms with Crippen LogP contribution in [0.15, 0.2) is 0 Å². The summed E-state index contributed by atoms with van der Waals surface area (Å²) in [7, 11) is 0. The average molecular weight is 263 g/mol. The van der Waals surface area contributed by atoms with E-state index in [0.717, 1.165) is 5.33 Å². The van der Waals surface area contributed by atoms with Crippen LogP contribution < -0.4 is 0 Å². The van der Waals surface area contributed by atoms with Crippen LogP contribution in [0.2, 0.25) is 0 Å². The highest BCUT2D eigenvalue weighted by Gasteiger charge is 2.27. The molecule has 0 unspecified atom stereocenters. The van der Waals surface area contributed by atoms with Crippen LogP contribution in [0.4, 0.5) is 13.2 Å². The van der Waals surface area contributed by atoms with Crippen LogP contribution >= 0.6 is 15.9 Å². The third-order valence-corrected chi connectivity index (χ3v) is 3.07. The lowest BCUT2D eigenvalue weighted by molar-refractivity contribution is -0.175. The molecule has 0 aliphatic carbocycles. The molecule has 0 atom stereocenters. The number of alkyl halides is 4. The molecule has 0 rings (SSSR count). The van der Waals surface area contributed by atoms with Crippen molar-refractivity contribution in [3.05, 3.63) is 0 Å². The van der Waals surface area contributed by atoms with Gasteiger partial charge in [-0.25, -0.2) is 0 Å². The molecule has 80 valence electrons. The van der Waals surface area contributed by atoms with Gasteiger partial charge >= 0.3 is 6.18 Å². The number of hydrogen-bond donors (Lipinski definition) is 0. The topological polar surface area (TPSA) is 9.23 Å². The maximum absolute atomic E-state index is 11.6. The first kappa shape index (κ1) is 13.2. The molecule has 0 amide bonds. The molecule has 0 fully saturated rings. The molecule has 0 saturated carbocycles. The fourth-order valence-electron chi connectivity index (χ4n) is 0.603. The van der Waals surface area contributed by atoms with E-state index in [1.54, 1.807) is 0 Å². The highest BCUT2D eigenvalue weighted by molar-refractivity contribution is 9.09. The fourth-order valence-corrected chi connectivity index (χ4v) is 0.884. The van der Waals surface area contributed by atoms with Gasteiger partial charge in [-0.05, 0) is 11.8 Å². The summed E-state index contributed by atoms with van der Waals surface area (Å²) < 4.78 is 39.4. The van der Waals surface area contributed by atoms with E-state index in [1.165, 1.54) is 0 Å². The summed E-state index contributed by atoms with van der Waals surface area (Å²) in [5.41, 5.74) is -0.00833. The summed E-state index contributed by atoms with van der Waals surface area (Å²) in [6.45, 7) is 2.95. The van der Waals surface area contributed by atoms with Crippen LogP contribution in [0.3, 0.4) is 0 Å². The summed E-state index contributed by atoms with van der Waals surface area (Å²) in [4.78, 5) is 0. The standard InChI is InChI=1S/C8H14BrF3O/c1-7(2,5-9)3-4-13-6-8(10,11)12/h3-6H2,1-2H3. The second kappa shape index (κ2) is 5.20. The van der Waals surface area contributed by atoms with Crippen LogP contribution in [-0.4, -0.2) is 24.7 Å². The molecule has 0 heterocycles. The normalized spacial score (nSPS) is 13.4. The minimum absolute atomic E-state index is 0.00833. The van der Waals surface area contributed by atoms with Gasteiger partial charge < -0.3 is 4.74 Å². The van der Waals surface area contributed by atoms with Crippen molar-refractivity contribution >= 4 is 15.9 Å². The number of rotatable bonds is 5. The van der Waals surface area contributed by atoms with E-state index < -0.39 is 12.8 Å². The van der Waals surface area contributed by atoms with Crippen LogP contribution in [0.5, 0.6) is 0 Å². The smallest absolute Gasteiger partial charge is 0.372 e. The number of ether oxygens (including phenoxy) is 1. The fraction of sp³-hybridized carbons (Fsp3) is 1.00. The van der Waals surface area contributed by atoms with Gasteiger partial charge in [0.25, 0.3) is 0 Å². The summed E-state index contributed by atoms with van der Waals surface area (Å²) in [6.07, 6.45) is -3.59. The van der Waals surface area contributed by atoms with E-state index in [9.17, 15) is 13.2 Å². The predicted molar refractivity (Wildman–Crippen MR) is 49.1 cm³/mol. The van der Waals surface area contributed by atoms with E-state index in [1.807, 2.05) is 13.8 Å². The summed E-state index contributed by atoms with van der Waals surface area (Å²) in [5, 5.41) is 0.759. The zero-order valence-electron chi connectivity index (χ0n) is 7.75. The van der Waals surface area contributed by atoms with Gasteiger partial charge in [-0.1, -0.05) is 29.8 Å². The van der Waals surface area contributed by atoms with Crippen molar-refractivity contribution in [3.8, 4) is 0 Å². The van der Waals surface area contributed by atoms with Crippen molar-refractivity contribution in [3.63, 3.8) is 0 Å². The lowest BCUT2D eigenvalue weighted by Crippen LogP contribution is -2.21. The van der Waals surface area contributed by atoms with Crippen molar-refractivity contribution in [2.45, 2.75) is 26.4 Å². The zero-order chi connectivity index (χ0) is 10.5. The lowest BCUT2D eigenvalue weighted by Gasteiger charge is -2.21. The maximum atomic E-state index is 11.6. The Hall–Kier alpha value is 0.230. The Bertz CT molecular complexity index is 145. The highest BCUT2D eigenvalue weighted by Crippen LogP contribution is 2.23. The molecule has 13 heavy (non-hydrogen) atoms.